The predicted octanol–water partition coefficient (Wildman–Crippen LogP) is 2.18. The van der Waals surface area contributed by atoms with Crippen LogP contribution in [-0.2, 0) is 14.3 Å². The lowest BCUT2D eigenvalue weighted by atomic mass is 9.98. The average Bonchev–Trinajstić information content (AvgIpc) is 2.51. The molecule has 0 unspecified atom stereocenters. The molecule has 126 valence electrons. The molecule has 1 atom stereocenters. The number of nitrogens with one attached hydrogen (secondary N) is 1. The zero-order chi connectivity index (χ0) is 16.8. The molecule has 2 rings (SSSR count). The van der Waals surface area contributed by atoms with E-state index < -0.39 is 11.6 Å². The first kappa shape index (κ1) is 17.3. The monoisotopic (exact) mass is 326 g/mol. The minimum Gasteiger partial charge on any atom is -0.466 e. The zero-order valence-electron chi connectivity index (χ0n) is 13.0. The normalized spacial score (nSPS) is 18.5. The highest BCUT2D eigenvalue weighted by Crippen LogP contribution is 2.18. The zero-order valence-corrected chi connectivity index (χ0v) is 13.0. The van der Waals surface area contributed by atoms with Gasteiger partial charge in [-0.25, -0.2) is 8.78 Å². The van der Waals surface area contributed by atoms with E-state index in [4.69, 9.17) is 4.74 Å². The lowest BCUT2D eigenvalue weighted by molar-refractivity contribution is -0.150. The van der Waals surface area contributed by atoms with E-state index in [0.29, 0.717) is 19.7 Å². The number of esters is 1. The predicted molar refractivity (Wildman–Crippen MR) is 80.8 cm³/mol. The Hall–Kier alpha value is -2.02. The molecule has 1 heterocycles. The average molecular weight is 326 g/mol. The topological polar surface area (TPSA) is 58.6 Å². The van der Waals surface area contributed by atoms with Crippen LogP contribution in [0.25, 0.3) is 0 Å². The third-order valence-electron chi connectivity index (χ3n) is 3.70. The SMILES string of the molecule is CCOC(=O)[C@@H]1CCCN(CC(=O)Nc2ccc(F)c(F)c2)C1. The Morgan fingerprint density at radius 2 is 2.13 bits per heavy atom. The Labute approximate surface area is 133 Å². The molecule has 0 aliphatic carbocycles. The van der Waals surface area contributed by atoms with Crippen LogP contribution in [0.15, 0.2) is 18.2 Å². The van der Waals surface area contributed by atoms with Crippen molar-refractivity contribution in [3.05, 3.63) is 29.8 Å². The molecule has 5 nitrogen and oxygen atoms in total. The lowest BCUT2D eigenvalue weighted by Gasteiger charge is -2.30. The van der Waals surface area contributed by atoms with Gasteiger partial charge in [0.15, 0.2) is 11.6 Å². The summed E-state index contributed by atoms with van der Waals surface area (Å²) in [7, 11) is 0. The first-order valence-electron chi connectivity index (χ1n) is 7.63. The molecule has 0 aromatic heterocycles. The molecule has 1 aliphatic heterocycles. The summed E-state index contributed by atoms with van der Waals surface area (Å²) < 4.78 is 31.0. The Morgan fingerprint density at radius 1 is 1.35 bits per heavy atom. The van der Waals surface area contributed by atoms with Gasteiger partial charge in [0.2, 0.25) is 5.91 Å². The van der Waals surface area contributed by atoms with Gasteiger partial charge in [0.1, 0.15) is 0 Å². The van der Waals surface area contributed by atoms with Crippen molar-refractivity contribution in [1.82, 2.24) is 4.90 Å². The molecule has 0 saturated carbocycles. The fraction of sp³-hybridized carbons (Fsp3) is 0.500. The molecule has 1 aromatic carbocycles. The molecule has 1 aliphatic rings. The second kappa shape index (κ2) is 8.01. The Bertz CT molecular complexity index is 580. The Morgan fingerprint density at radius 3 is 2.83 bits per heavy atom. The van der Waals surface area contributed by atoms with Crippen molar-refractivity contribution < 1.29 is 23.1 Å². The molecule has 1 N–H and O–H groups in total. The summed E-state index contributed by atoms with van der Waals surface area (Å²) in [5.41, 5.74) is 0.202. The van der Waals surface area contributed by atoms with Crippen LogP contribution in [0.5, 0.6) is 0 Å². The summed E-state index contributed by atoms with van der Waals surface area (Å²) in [5.74, 6) is -2.77. The molecule has 1 saturated heterocycles. The van der Waals surface area contributed by atoms with Gasteiger partial charge in [0.05, 0.1) is 19.1 Å². The Kier molecular flexibility index (Phi) is 6.04. The quantitative estimate of drug-likeness (QED) is 0.843. The number of carbonyl (C=O) groups is 2. The minimum atomic E-state index is -1.01. The maximum atomic E-state index is 13.1. The van der Waals surface area contributed by atoms with E-state index in [2.05, 4.69) is 5.32 Å². The van der Waals surface area contributed by atoms with Crippen LogP contribution >= 0.6 is 0 Å². The number of nitrogens with zero attached hydrogens (tertiary/aromatic N) is 1. The number of hydrogen-bond acceptors (Lipinski definition) is 4. The van der Waals surface area contributed by atoms with Gasteiger partial charge in [0.25, 0.3) is 0 Å². The van der Waals surface area contributed by atoms with Crippen molar-refractivity contribution in [1.29, 1.82) is 0 Å². The summed E-state index contributed by atoms with van der Waals surface area (Å²) in [6.07, 6.45) is 1.56. The van der Waals surface area contributed by atoms with Crippen molar-refractivity contribution in [3.8, 4) is 0 Å². The van der Waals surface area contributed by atoms with Gasteiger partial charge in [-0.15, -0.1) is 0 Å². The van der Waals surface area contributed by atoms with Crippen LogP contribution in [0, 0.1) is 17.6 Å². The van der Waals surface area contributed by atoms with Gasteiger partial charge in [0, 0.05) is 18.3 Å². The van der Waals surface area contributed by atoms with Crippen LogP contribution in [0.1, 0.15) is 19.8 Å². The van der Waals surface area contributed by atoms with Gasteiger partial charge in [-0.2, -0.15) is 0 Å². The summed E-state index contributed by atoms with van der Waals surface area (Å²) in [4.78, 5) is 25.6. The highest BCUT2D eigenvalue weighted by Gasteiger charge is 2.27. The molecular weight excluding hydrogens is 306 g/mol. The maximum Gasteiger partial charge on any atom is 0.310 e. The molecule has 7 heteroatoms. The standard InChI is InChI=1S/C16H20F2N2O3/c1-2-23-16(22)11-4-3-7-20(9-11)10-15(21)19-12-5-6-13(17)14(18)8-12/h5-6,8,11H,2-4,7,9-10H2,1H3,(H,19,21)/t11-/m1/s1. The van der Waals surface area contributed by atoms with E-state index in [9.17, 15) is 18.4 Å². The third-order valence-corrected chi connectivity index (χ3v) is 3.70. The summed E-state index contributed by atoms with van der Waals surface area (Å²) in [6.45, 7) is 3.36. The number of piperidine rings is 1. The van der Waals surface area contributed by atoms with Crippen molar-refractivity contribution in [2.75, 3.05) is 31.6 Å². The molecule has 0 bridgehead atoms. The highest BCUT2D eigenvalue weighted by molar-refractivity contribution is 5.92. The van der Waals surface area contributed by atoms with E-state index in [1.54, 1.807) is 6.92 Å². The Balaban J connectivity index is 1.86. The van der Waals surface area contributed by atoms with E-state index >= 15 is 0 Å². The number of carbonyl (C=O) groups excluding carboxylic acids is 2. The second-order valence-corrected chi connectivity index (χ2v) is 5.50. The molecule has 0 radical (unpaired) electrons. The highest BCUT2D eigenvalue weighted by atomic mass is 19.2. The lowest BCUT2D eigenvalue weighted by Crippen LogP contribution is -2.43. The van der Waals surface area contributed by atoms with E-state index in [1.165, 1.54) is 6.07 Å². The molecule has 23 heavy (non-hydrogen) atoms. The molecule has 1 aromatic rings. The summed E-state index contributed by atoms with van der Waals surface area (Å²) in [5, 5.41) is 2.52. The number of likely N-dealkylation sites (tertiary alicyclic amines) is 1. The number of halogens is 2. The number of ether oxygens (including phenoxy) is 1. The van der Waals surface area contributed by atoms with Crippen molar-refractivity contribution in [2.24, 2.45) is 5.92 Å². The van der Waals surface area contributed by atoms with Gasteiger partial charge in [-0.1, -0.05) is 0 Å². The number of rotatable bonds is 5. The van der Waals surface area contributed by atoms with Gasteiger partial charge in [-0.3, -0.25) is 14.5 Å². The van der Waals surface area contributed by atoms with E-state index in [1.807, 2.05) is 4.90 Å². The van der Waals surface area contributed by atoms with Gasteiger partial charge < -0.3 is 10.1 Å². The molecule has 1 fully saturated rings. The van der Waals surface area contributed by atoms with Crippen LogP contribution in [0.3, 0.4) is 0 Å². The first-order valence-corrected chi connectivity index (χ1v) is 7.63. The number of amides is 1. The number of benzene rings is 1. The van der Waals surface area contributed by atoms with Crippen molar-refractivity contribution in [3.63, 3.8) is 0 Å². The maximum absolute atomic E-state index is 13.1. The number of hydrogen-bond donors (Lipinski definition) is 1. The van der Waals surface area contributed by atoms with Crippen LogP contribution in [-0.4, -0.2) is 43.0 Å². The van der Waals surface area contributed by atoms with E-state index in [-0.39, 0.29) is 30.0 Å². The second-order valence-electron chi connectivity index (χ2n) is 5.50. The smallest absolute Gasteiger partial charge is 0.310 e. The van der Waals surface area contributed by atoms with E-state index in [0.717, 1.165) is 25.0 Å². The molecule has 1 amide bonds. The fourth-order valence-electron chi connectivity index (χ4n) is 2.63. The van der Waals surface area contributed by atoms with Gasteiger partial charge in [-0.05, 0) is 38.4 Å². The van der Waals surface area contributed by atoms with Gasteiger partial charge >= 0.3 is 5.97 Å². The molecular formula is C16H20F2N2O3. The summed E-state index contributed by atoms with van der Waals surface area (Å²) >= 11 is 0. The first-order chi connectivity index (χ1) is 11.0. The summed E-state index contributed by atoms with van der Waals surface area (Å²) in [6, 6.07) is 3.20. The van der Waals surface area contributed by atoms with Crippen LogP contribution in [0.2, 0.25) is 0 Å². The van der Waals surface area contributed by atoms with Crippen LogP contribution in [0.4, 0.5) is 14.5 Å². The minimum absolute atomic E-state index is 0.0922. The van der Waals surface area contributed by atoms with Crippen molar-refractivity contribution >= 4 is 17.6 Å². The fourth-order valence-corrected chi connectivity index (χ4v) is 2.63. The molecule has 0 spiro atoms. The largest absolute Gasteiger partial charge is 0.466 e. The van der Waals surface area contributed by atoms with Crippen LogP contribution < -0.4 is 5.32 Å². The number of anilines is 1. The third kappa shape index (κ3) is 4.99. The van der Waals surface area contributed by atoms with Crippen molar-refractivity contribution in [2.45, 2.75) is 19.8 Å².